The summed E-state index contributed by atoms with van der Waals surface area (Å²) in [6, 6.07) is 5.97. The van der Waals surface area contributed by atoms with Crippen molar-refractivity contribution in [1.82, 2.24) is 0 Å². The van der Waals surface area contributed by atoms with E-state index in [-0.39, 0.29) is 0 Å². The molecule has 3 heteroatoms. The van der Waals surface area contributed by atoms with Crippen molar-refractivity contribution < 1.29 is 9.47 Å². The number of rotatable bonds is 4. The maximum Gasteiger partial charge on any atom is 0.163 e. The summed E-state index contributed by atoms with van der Waals surface area (Å²) in [4.78, 5) is 0. The van der Waals surface area contributed by atoms with E-state index in [1.165, 1.54) is 5.56 Å². The molecular weight excluding hydrogens is 279 g/mol. The fourth-order valence-corrected chi connectivity index (χ4v) is 1.83. The average Bonchev–Trinajstić information content (AvgIpc) is 2.18. The monoisotopic (exact) mass is 292 g/mol. The Kier molecular flexibility index (Phi) is 4.35. The Morgan fingerprint density at radius 1 is 1.23 bits per heavy atom. The second kappa shape index (κ2) is 5.32. The number of alkyl halides is 1. The number of hydrogen-bond acceptors (Lipinski definition) is 2. The molecule has 0 aliphatic carbocycles. The molecule has 1 aromatic rings. The first-order valence-corrected chi connectivity index (χ1v) is 5.62. The van der Waals surface area contributed by atoms with Crippen molar-refractivity contribution in [1.29, 1.82) is 0 Å². The summed E-state index contributed by atoms with van der Waals surface area (Å²) in [7, 11) is 3.33. The highest BCUT2D eigenvalue weighted by Crippen LogP contribution is 2.30. The summed E-state index contributed by atoms with van der Waals surface area (Å²) in [5.41, 5.74) is 1.20. The number of ether oxygens (including phenoxy) is 2. The second-order valence-electron chi connectivity index (χ2n) is 2.59. The Morgan fingerprint density at radius 3 is 2.54 bits per heavy atom. The molecule has 0 bridgehead atoms. The van der Waals surface area contributed by atoms with Gasteiger partial charge in [0, 0.05) is 4.43 Å². The zero-order chi connectivity index (χ0) is 9.68. The van der Waals surface area contributed by atoms with Gasteiger partial charge in [-0.3, -0.25) is 0 Å². The summed E-state index contributed by atoms with van der Waals surface area (Å²) in [5, 5.41) is 0. The van der Waals surface area contributed by atoms with Gasteiger partial charge in [0.15, 0.2) is 11.5 Å². The first-order chi connectivity index (χ1) is 6.33. The Bertz CT molecular complexity index is 274. The minimum atomic E-state index is 0.810. The number of hydrogen-bond donors (Lipinski definition) is 0. The van der Waals surface area contributed by atoms with E-state index in [2.05, 4.69) is 28.7 Å². The van der Waals surface area contributed by atoms with Crippen LogP contribution in [0.2, 0.25) is 0 Å². The lowest BCUT2D eigenvalue weighted by atomic mass is 10.1. The smallest absolute Gasteiger partial charge is 0.163 e. The van der Waals surface area contributed by atoms with Gasteiger partial charge in [-0.25, -0.2) is 0 Å². The topological polar surface area (TPSA) is 18.5 Å². The molecule has 0 aliphatic rings. The predicted octanol–water partition coefficient (Wildman–Crippen LogP) is 2.68. The maximum atomic E-state index is 5.29. The molecule has 0 atom stereocenters. The highest BCUT2D eigenvalue weighted by atomic mass is 127. The fourth-order valence-electron chi connectivity index (χ4n) is 1.25. The van der Waals surface area contributed by atoms with Gasteiger partial charge in [-0.1, -0.05) is 34.7 Å². The molecule has 2 nitrogen and oxygen atoms in total. The lowest BCUT2D eigenvalue weighted by Crippen LogP contribution is -1.96. The summed E-state index contributed by atoms with van der Waals surface area (Å²) in [5.74, 6) is 1.67. The molecule has 0 N–H and O–H groups in total. The first kappa shape index (κ1) is 10.6. The van der Waals surface area contributed by atoms with Crippen LogP contribution >= 0.6 is 22.6 Å². The van der Waals surface area contributed by atoms with E-state index in [1.807, 2.05) is 12.1 Å². The quantitative estimate of drug-likeness (QED) is 0.627. The van der Waals surface area contributed by atoms with E-state index in [0.717, 1.165) is 22.3 Å². The van der Waals surface area contributed by atoms with Gasteiger partial charge < -0.3 is 9.47 Å². The zero-order valence-electron chi connectivity index (χ0n) is 7.84. The Morgan fingerprint density at radius 2 is 2.00 bits per heavy atom. The lowest BCUT2D eigenvalue weighted by molar-refractivity contribution is 0.352. The summed E-state index contributed by atoms with van der Waals surface area (Å²) in [6.07, 6.45) is 1.01. The van der Waals surface area contributed by atoms with Crippen LogP contribution in [0.15, 0.2) is 18.2 Å². The van der Waals surface area contributed by atoms with Crippen molar-refractivity contribution in [3.63, 3.8) is 0 Å². The minimum absolute atomic E-state index is 0.810. The van der Waals surface area contributed by atoms with Gasteiger partial charge in [0.2, 0.25) is 0 Å². The molecule has 1 aromatic carbocycles. The Balaban J connectivity index is 3.03. The van der Waals surface area contributed by atoms with E-state index in [0.29, 0.717) is 0 Å². The molecule has 0 saturated carbocycles. The van der Waals surface area contributed by atoms with Crippen molar-refractivity contribution in [2.24, 2.45) is 0 Å². The minimum Gasteiger partial charge on any atom is -0.493 e. The Hall–Kier alpha value is -0.450. The van der Waals surface area contributed by atoms with Gasteiger partial charge in [0.05, 0.1) is 14.2 Å². The van der Waals surface area contributed by atoms with Crippen molar-refractivity contribution in [3.8, 4) is 11.5 Å². The van der Waals surface area contributed by atoms with Gasteiger partial charge >= 0.3 is 0 Å². The zero-order valence-corrected chi connectivity index (χ0v) is 10.00. The van der Waals surface area contributed by atoms with E-state index >= 15 is 0 Å². The number of para-hydroxylation sites is 1. The van der Waals surface area contributed by atoms with Crippen LogP contribution in [0.4, 0.5) is 0 Å². The Labute approximate surface area is 92.4 Å². The molecule has 0 saturated heterocycles. The molecule has 0 spiro atoms. The number of halogens is 1. The molecule has 13 heavy (non-hydrogen) atoms. The molecular formula is C10H13IO2. The van der Waals surface area contributed by atoms with E-state index in [4.69, 9.17) is 9.47 Å². The van der Waals surface area contributed by atoms with Gasteiger partial charge in [-0.05, 0) is 18.1 Å². The highest BCUT2D eigenvalue weighted by Gasteiger charge is 2.07. The van der Waals surface area contributed by atoms with Crippen LogP contribution < -0.4 is 9.47 Å². The van der Waals surface area contributed by atoms with Crippen molar-refractivity contribution in [3.05, 3.63) is 23.8 Å². The van der Waals surface area contributed by atoms with Crippen LogP contribution in [-0.4, -0.2) is 18.6 Å². The van der Waals surface area contributed by atoms with Crippen LogP contribution in [-0.2, 0) is 6.42 Å². The molecule has 0 radical (unpaired) electrons. The number of methoxy groups -OCH3 is 2. The summed E-state index contributed by atoms with van der Waals surface area (Å²) in [6.45, 7) is 0. The van der Waals surface area contributed by atoms with Crippen LogP contribution in [0, 0.1) is 0 Å². The molecule has 0 aromatic heterocycles. The molecule has 0 heterocycles. The molecule has 1 rings (SSSR count). The molecule has 0 aliphatic heterocycles. The molecule has 0 amide bonds. The summed E-state index contributed by atoms with van der Waals surface area (Å²) < 4.78 is 11.6. The molecule has 0 fully saturated rings. The van der Waals surface area contributed by atoms with Gasteiger partial charge in [0.1, 0.15) is 0 Å². The van der Waals surface area contributed by atoms with Crippen LogP contribution in [0.5, 0.6) is 11.5 Å². The van der Waals surface area contributed by atoms with Crippen LogP contribution in [0.3, 0.4) is 0 Å². The van der Waals surface area contributed by atoms with Gasteiger partial charge in [-0.15, -0.1) is 0 Å². The van der Waals surface area contributed by atoms with Crippen molar-refractivity contribution >= 4 is 22.6 Å². The number of aryl methyl sites for hydroxylation is 1. The first-order valence-electron chi connectivity index (χ1n) is 4.09. The van der Waals surface area contributed by atoms with Crippen LogP contribution in [0.25, 0.3) is 0 Å². The van der Waals surface area contributed by atoms with Crippen molar-refractivity contribution in [2.75, 3.05) is 18.6 Å². The van der Waals surface area contributed by atoms with Gasteiger partial charge in [0.25, 0.3) is 0 Å². The SMILES string of the molecule is COc1cccc(CCI)c1OC. The van der Waals surface area contributed by atoms with E-state index in [1.54, 1.807) is 14.2 Å². The maximum absolute atomic E-state index is 5.29. The predicted molar refractivity (Wildman–Crippen MR) is 62.1 cm³/mol. The average molecular weight is 292 g/mol. The lowest BCUT2D eigenvalue weighted by Gasteiger charge is -2.11. The molecule has 0 unspecified atom stereocenters. The van der Waals surface area contributed by atoms with Gasteiger partial charge in [-0.2, -0.15) is 0 Å². The summed E-state index contributed by atoms with van der Waals surface area (Å²) >= 11 is 2.35. The third-order valence-corrected chi connectivity index (χ3v) is 2.39. The fraction of sp³-hybridized carbons (Fsp3) is 0.400. The largest absolute Gasteiger partial charge is 0.493 e. The van der Waals surface area contributed by atoms with Crippen LogP contribution in [0.1, 0.15) is 5.56 Å². The molecule has 72 valence electrons. The second-order valence-corrected chi connectivity index (χ2v) is 3.67. The van der Waals surface area contributed by atoms with Crippen molar-refractivity contribution in [2.45, 2.75) is 6.42 Å². The third kappa shape index (κ3) is 2.49. The third-order valence-electron chi connectivity index (χ3n) is 1.85. The normalized spacial score (nSPS) is 9.77. The number of benzene rings is 1. The van der Waals surface area contributed by atoms with E-state index < -0.39 is 0 Å². The standard InChI is InChI=1S/C10H13IO2/c1-12-9-5-3-4-8(6-7-11)10(9)13-2/h3-5H,6-7H2,1-2H3. The highest BCUT2D eigenvalue weighted by molar-refractivity contribution is 14.1. The van der Waals surface area contributed by atoms with E-state index in [9.17, 15) is 0 Å².